The van der Waals surface area contributed by atoms with Crippen molar-refractivity contribution in [3.8, 4) is 0 Å². The van der Waals surface area contributed by atoms with Gasteiger partial charge in [-0.05, 0) is 30.4 Å². The molecule has 0 aliphatic carbocycles. The molecule has 2 aromatic rings. The maximum Gasteiger partial charge on any atom is 0.318 e. The van der Waals surface area contributed by atoms with Gasteiger partial charge in [-0.15, -0.1) is 0 Å². The summed E-state index contributed by atoms with van der Waals surface area (Å²) < 4.78 is 0. The van der Waals surface area contributed by atoms with Gasteiger partial charge in [-0.3, -0.25) is 4.79 Å². The maximum absolute atomic E-state index is 12.5. The molecule has 3 rings (SSSR count). The Hall–Kier alpha value is -2.82. The van der Waals surface area contributed by atoms with Crippen molar-refractivity contribution in [3.05, 3.63) is 71.8 Å². The van der Waals surface area contributed by atoms with Crippen LogP contribution in [0.5, 0.6) is 0 Å². The van der Waals surface area contributed by atoms with Crippen LogP contribution in [0.3, 0.4) is 0 Å². The highest BCUT2D eigenvalue weighted by Crippen LogP contribution is 2.17. The molecule has 0 radical (unpaired) electrons. The smallest absolute Gasteiger partial charge is 0.318 e. The van der Waals surface area contributed by atoms with Crippen LogP contribution in [0.1, 0.15) is 24.0 Å². The SMILES string of the molecule is O=C(NCCc1ccccc1)[C@H]1CCCN1C(=O)NCc1ccccc1. The average Bonchev–Trinajstić information content (AvgIpc) is 3.18. The molecule has 5 nitrogen and oxygen atoms in total. The number of urea groups is 1. The normalized spacial score (nSPS) is 16.3. The van der Waals surface area contributed by atoms with Gasteiger partial charge in [-0.25, -0.2) is 4.79 Å². The van der Waals surface area contributed by atoms with Crippen LogP contribution in [0.15, 0.2) is 60.7 Å². The summed E-state index contributed by atoms with van der Waals surface area (Å²) in [6.45, 7) is 1.68. The average molecular weight is 351 g/mol. The lowest BCUT2D eigenvalue weighted by molar-refractivity contribution is -0.124. The number of benzene rings is 2. The lowest BCUT2D eigenvalue weighted by Gasteiger charge is -2.24. The third-order valence-electron chi connectivity index (χ3n) is 4.66. The molecular formula is C21H25N3O2. The molecule has 2 aromatic carbocycles. The Morgan fingerprint density at radius 3 is 2.27 bits per heavy atom. The predicted octanol–water partition coefficient (Wildman–Crippen LogP) is 2.72. The molecule has 0 aromatic heterocycles. The summed E-state index contributed by atoms with van der Waals surface area (Å²) in [4.78, 5) is 26.6. The second-order valence-electron chi connectivity index (χ2n) is 6.52. The molecule has 0 spiro atoms. The van der Waals surface area contributed by atoms with Gasteiger partial charge in [0.05, 0.1) is 0 Å². The van der Waals surface area contributed by atoms with Crippen molar-refractivity contribution < 1.29 is 9.59 Å². The van der Waals surface area contributed by atoms with Crippen LogP contribution >= 0.6 is 0 Å². The van der Waals surface area contributed by atoms with E-state index in [2.05, 4.69) is 10.6 Å². The van der Waals surface area contributed by atoms with Crippen molar-refractivity contribution in [3.63, 3.8) is 0 Å². The van der Waals surface area contributed by atoms with Gasteiger partial charge in [0.25, 0.3) is 0 Å². The first-order chi connectivity index (χ1) is 12.7. The summed E-state index contributed by atoms with van der Waals surface area (Å²) in [5, 5.41) is 5.89. The van der Waals surface area contributed by atoms with E-state index in [9.17, 15) is 9.59 Å². The third-order valence-corrected chi connectivity index (χ3v) is 4.66. The van der Waals surface area contributed by atoms with E-state index in [4.69, 9.17) is 0 Å². The van der Waals surface area contributed by atoms with E-state index in [-0.39, 0.29) is 18.0 Å². The van der Waals surface area contributed by atoms with Crippen LogP contribution in [0.4, 0.5) is 4.79 Å². The van der Waals surface area contributed by atoms with Crippen molar-refractivity contribution in [2.24, 2.45) is 0 Å². The number of rotatable bonds is 6. The van der Waals surface area contributed by atoms with Gasteiger partial charge in [0.1, 0.15) is 6.04 Å². The molecule has 1 aliphatic rings. The molecule has 136 valence electrons. The summed E-state index contributed by atoms with van der Waals surface area (Å²) in [7, 11) is 0. The van der Waals surface area contributed by atoms with E-state index in [1.54, 1.807) is 4.90 Å². The summed E-state index contributed by atoms with van der Waals surface area (Å²) in [6, 6.07) is 19.3. The number of hydrogen-bond donors (Lipinski definition) is 2. The van der Waals surface area contributed by atoms with E-state index >= 15 is 0 Å². The Kier molecular flexibility index (Phi) is 6.25. The molecule has 5 heteroatoms. The molecule has 2 N–H and O–H groups in total. The maximum atomic E-state index is 12.5. The standard InChI is InChI=1S/C21H25N3O2/c25-20(22-14-13-17-8-3-1-4-9-17)19-12-7-15-24(19)21(26)23-16-18-10-5-2-6-11-18/h1-6,8-11,19H,7,12-16H2,(H,22,25)(H,23,26)/t19-/m1/s1. The highest BCUT2D eigenvalue weighted by Gasteiger charge is 2.33. The molecule has 0 bridgehead atoms. The Bertz CT molecular complexity index is 719. The number of nitrogens with one attached hydrogen (secondary N) is 2. The minimum atomic E-state index is -0.374. The largest absolute Gasteiger partial charge is 0.354 e. The highest BCUT2D eigenvalue weighted by atomic mass is 16.2. The first kappa shape index (κ1) is 18.0. The summed E-state index contributed by atoms with van der Waals surface area (Å²) in [5.74, 6) is -0.0618. The third kappa shape index (κ3) is 4.85. The summed E-state index contributed by atoms with van der Waals surface area (Å²) >= 11 is 0. The molecule has 26 heavy (non-hydrogen) atoms. The topological polar surface area (TPSA) is 61.4 Å². The lowest BCUT2D eigenvalue weighted by atomic mass is 10.1. The first-order valence-corrected chi connectivity index (χ1v) is 9.14. The van der Waals surface area contributed by atoms with Gasteiger partial charge in [0.2, 0.25) is 5.91 Å². The molecule has 3 amide bonds. The van der Waals surface area contributed by atoms with Gasteiger partial charge >= 0.3 is 6.03 Å². The number of likely N-dealkylation sites (tertiary alicyclic amines) is 1. The van der Waals surface area contributed by atoms with Crippen LogP contribution in [0, 0.1) is 0 Å². The molecule has 1 saturated heterocycles. The van der Waals surface area contributed by atoms with Crippen molar-refractivity contribution >= 4 is 11.9 Å². The van der Waals surface area contributed by atoms with Crippen molar-refractivity contribution in [1.82, 2.24) is 15.5 Å². The van der Waals surface area contributed by atoms with E-state index in [0.29, 0.717) is 19.6 Å². The van der Waals surface area contributed by atoms with Crippen LogP contribution in [-0.4, -0.2) is 36.0 Å². The van der Waals surface area contributed by atoms with Crippen LogP contribution in [0.2, 0.25) is 0 Å². The molecule has 0 unspecified atom stereocenters. The molecule has 1 atom stereocenters. The number of nitrogens with zero attached hydrogens (tertiary/aromatic N) is 1. The van der Waals surface area contributed by atoms with E-state index in [1.165, 1.54) is 5.56 Å². The van der Waals surface area contributed by atoms with Gasteiger partial charge in [0, 0.05) is 19.6 Å². The second-order valence-corrected chi connectivity index (χ2v) is 6.52. The fourth-order valence-electron chi connectivity index (χ4n) is 3.25. The second kappa shape index (κ2) is 9.04. The minimum Gasteiger partial charge on any atom is -0.354 e. The van der Waals surface area contributed by atoms with Gasteiger partial charge in [-0.1, -0.05) is 60.7 Å². The zero-order chi connectivity index (χ0) is 18.2. The molecule has 0 saturated carbocycles. The minimum absolute atomic E-state index is 0.0618. The van der Waals surface area contributed by atoms with Gasteiger partial charge < -0.3 is 15.5 Å². The summed E-state index contributed by atoms with van der Waals surface area (Å²) in [6.07, 6.45) is 2.37. The number of carbonyl (C=O) groups is 2. The van der Waals surface area contributed by atoms with Gasteiger partial charge in [0.15, 0.2) is 0 Å². The van der Waals surface area contributed by atoms with Crippen molar-refractivity contribution in [2.75, 3.05) is 13.1 Å². The lowest BCUT2D eigenvalue weighted by Crippen LogP contribution is -2.49. The number of hydrogen-bond acceptors (Lipinski definition) is 2. The molecule has 1 heterocycles. The van der Waals surface area contributed by atoms with Crippen LogP contribution in [-0.2, 0) is 17.8 Å². The zero-order valence-corrected chi connectivity index (χ0v) is 14.9. The Morgan fingerprint density at radius 1 is 0.923 bits per heavy atom. The van der Waals surface area contributed by atoms with Gasteiger partial charge in [-0.2, -0.15) is 0 Å². The van der Waals surface area contributed by atoms with Crippen molar-refractivity contribution in [2.45, 2.75) is 31.8 Å². The zero-order valence-electron chi connectivity index (χ0n) is 14.9. The Labute approximate surface area is 154 Å². The fourth-order valence-corrected chi connectivity index (χ4v) is 3.25. The number of carbonyl (C=O) groups excluding carboxylic acids is 2. The molecular weight excluding hydrogens is 326 g/mol. The molecule has 1 aliphatic heterocycles. The Morgan fingerprint density at radius 2 is 1.58 bits per heavy atom. The van der Waals surface area contributed by atoms with E-state index in [1.807, 2.05) is 60.7 Å². The fraction of sp³-hybridized carbons (Fsp3) is 0.333. The van der Waals surface area contributed by atoms with Crippen LogP contribution < -0.4 is 10.6 Å². The molecule has 1 fully saturated rings. The number of amides is 3. The van der Waals surface area contributed by atoms with Crippen LogP contribution in [0.25, 0.3) is 0 Å². The Balaban J connectivity index is 1.47. The van der Waals surface area contributed by atoms with Crippen molar-refractivity contribution in [1.29, 1.82) is 0 Å². The highest BCUT2D eigenvalue weighted by molar-refractivity contribution is 5.87. The first-order valence-electron chi connectivity index (χ1n) is 9.14. The van der Waals surface area contributed by atoms with E-state index in [0.717, 1.165) is 24.8 Å². The quantitative estimate of drug-likeness (QED) is 0.841. The summed E-state index contributed by atoms with van der Waals surface area (Å²) in [5.41, 5.74) is 2.24. The van der Waals surface area contributed by atoms with E-state index < -0.39 is 0 Å². The predicted molar refractivity (Wildman–Crippen MR) is 102 cm³/mol. The monoisotopic (exact) mass is 351 g/mol.